The zero-order valence-electron chi connectivity index (χ0n) is 20.4. The van der Waals surface area contributed by atoms with Crippen molar-refractivity contribution in [3.63, 3.8) is 0 Å². The van der Waals surface area contributed by atoms with E-state index in [4.69, 9.17) is 27.9 Å². The molecular formula is C27H22Cl2FN5O3S. The van der Waals surface area contributed by atoms with Gasteiger partial charge in [0.2, 0.25) is 5.91 Å². The minimum absolute atomic E-state index is 0.0227. The highest BCUT2D eigenvalue weighted by molar-refractivity contribution is 7.99. The third-order valence-corrected chi connectivity index (χ3v) is 7.44. The molecule has 2 heterocycles. The summed E-state index contributed by atoms with van der Waals surface area (Å²) in [6.07, 6.45) is 0.816. The van der Waals surface area contributed by atoms with E-state index in [1.165, 1.54) is 30.0 Å². The number of nitrogens with zero attached hydrogens (tertiary/aromatic N) is 4. The van der Waals surface area contributed by atoms with Gasteiger partial charge >= 0.3 is 0 Å². The molecule has 12 heteroatoms. The number of amides is 2. The van der Waals surface area contributed by atoms with Gasteiger partial charge in [0.25, 0.3) is 5.91 Å². The Bertz CT molecular complexity index is 1520. The number of aromatic nitrogens is 3. The molecule has 0 saturated carbocycles. The molecule has 0 aliphatic carbocycles. The lowest BCUT2D eigenvalue weighted by atomic mass is 10.2. The Morgan fingerprint density at radius 1 is 1.05 bits per heavy atom. The van der Waals surface area contributed by atoms with Gasteiger partial charge in [0.1, 0.15) is 11.6 Å². The molecule has 200 valence electrons. The molecule has 5 rings (SSSR count). The second-order valence-corrected chi connectivity index (χ2v) is 10.3. The number of nitrogens with one attached hydrogen (secondary N) is 1. The van der Waals surface area contributed by atoms with Crippen LogP contribution in [-0.2, 0) is 22.6 Å². The van der Waals surface area contributed by atoms with Crippen LogP contribution in [0.3, 0.4) is 0 Å². The highest BCUT2D eigenvalue weighted by Gasteiger charge is 2.25. The van der Waals surface area contributed by atoms with Crippen molar-refractivity contribution in [3.8, 4) is 11.4 Å². The van der Waals surface area contributed by atoms with E-state index in [1.807, 2.05) is 24.3 Å². The van der Waals surface area contributed by atoms with Crippen molar-refractivity contribution >= 4 is 52.5 Å². The number of carbonyl (C=O) groups excluding carboxylic acids is 2. The van der Waals surface area contributed by atoms with Crippen molar-refractivity contribution < 1.29 is 18.7 Å². The summed E-state index contributed by atoms with van der Waals surface area (Å²) < 4.78 is 20.8. The SMILES string of the molecule is O=C(COc1ccc(Cl)cc1Cl)NCc1nnc(SCC(=O)N2CCc3ccccc32)n1-c1ccc(F)cc1. The van der Waals surface area contributed by atoms with Gasteiger partial charge in [0.15, 0.2) is 17.6 Å². The summed E-state index contributed by atoms with van der Waals surface area (Å²) in [6, 6.07) is 18.4. The van der Waals surface area contributed by atoms with E-state index in [-0.39, 0.29) is 24.8 Å². The Morgan fingerprint density at radius 3 is 2.64 bits per heavy atom. The van der Waals surface area contributed by atoms with Crippen LogP contribution >= 0.6 is 35.0 Å². The zero-order chi connectivity index (χ0) is 27.4. The van der Waals surface area contributed by atoms with Gasteiger partial charge in [0, 0.05) is 22.9 Å². The van der Waals surface area contributed by atoms with Gasteiger partial charge in [-0.1, -0.05) is 53.2 Å². The number of ether oxygens (including phenoxy) is 1. The molecule has 1 N–H and O–H groups in total. The van der Waals surface area contributed by atoms with Gasteiger partial charge in [-0.05, 0) is 60.5 Å². The Balaban J connectivity index is 1.27. The van der Waals surface area contributed by atoms with Gasteiger partial charge < -0.3 is 15.0 Å². The first-order chi connectivity index (χ1) is 18.9. The lowest BCUT2D eigenvalue weighted by molar-refractivity contribution is -0.123. The first-order valence-corrected chi connectivity index (χ1v) is 13.7. The summed E-state index contributed by atoms with van der Waals surface area (Å²) in [4.78, 5) is 27.3. The van der Waals surface area contributed by atoms with Gasteiger partial charge in [-0.15, -0.1) is 10.2 Å². The highest BCUT2D eigenvalue weighted by Crippen LogP contribution is 2.30. The largest absolute Gasteiger partial charge is 0.482 e. The summed E-state index contributed by atoms with van der Waals surface area (Å²) in [6.45, 7) is 0.373. The molecule has 0 unspecified atom stereocenters. The van der Waals surface area contributed by atoms with E-state index < -0.39 is 11.7 Å². The third-order valence-electron chi connectivity index (χ3n) is 5.99. The number of benzene rings is 3. The highest BCUT2D eigenvalue weighted by atomic mass is 35.5. The number of rotatable bonds is 9. The number of anilines is 1. The van der Waals surface area contributed by atoms with E-state index in [1.54, 1.807) is 33.7 Å². The van der Waals surface area contributed by atoms with Crippen molar-refractivity contribution in [1.82, 2.24) is 20.1 Å². The van der Waals surface area contributed by atoms with E-state index in [0.717, 1.165) is 17.7 Å². The third kappa shape index (κ3) is 6.35. The minimum Gasteiger partial charge on any atom is -0.482 e. The molecule has 8 nitrogen and oxygen atoms in total. The molecule has 0 spiro atoms. The Labute approximate surface area is 238 Å². The van der Waals surface area contributed by atoms with Crippen LogP contribution in [0.2, 0.25) is 10.0 Å². The van der Waals surface area contributed by atoms with Crippen LogP contribution in [0.15, 0.2) is 71.9 Å². The van der Waals surface area contributed by atoms with Crippen LogP contribution in [0.1, 0.15) is 11.4 Å². The normalized spacial score (nSPS) is 12.3. The molecule has 0 radical (unpaired) electrons. The summed E-state index contributed by atoms with van der Waals surface area (Å²) in [5, 5.41) is 12.4. The maximum atomic E-state index is 13.6. The van der Waals surface area contributed by atoms with Gasteiger partial charge in [-0.2, -0.15) is 0 Å². The molecule has 0 bridgehead atoms. The van der Waals surface area contributed by atoms with Crippen LogP contribution < -0.4 is 15.0 Å². The minimum atomic E-state index is -0.410. The fraction of sp³-hybridized carbons (Fsp3) is 0.185. The molecule has 4 aromatic rings. The predicted octanol–water partition coefficient (Wildman–Crippen LogP) is 5.09. The number of carbonyl (C=O) groups is 2. The summed E-state index contributed by atoms with van der Waals surface area (Å²) >= 11 is 13.2. The average Bonchev–Trinajstić information content (AvgIpc) is 3.55. The van der Waals surface area contributed by atoms with Crippen LogP contribution in [0.25, 0.3) is 5.69 Å². The van der Waals surface area contributed by atoms with E-state index in [9.17, 15) is 14.0 Å². The van der Waals surface area contributed by atoms with Crippen LogP contribution in [0, 0.1) is 5.82 Å². The molecule has 0 atom stereocenters. The molecule has 0 fully saturated rings. The van der Waals surface area contributed by atoms with Gasteiger partial charge in [0.05, 0.1) is 17.3 Å². The zero-order valence-corrected chi connectivity index (χ0v) is 22.8. The van der Waals surface area contributed by atoms with E-state index in [0.29, 0.717) is 39.0 Å². The predicted molar refractivity (Wildman–Crippen MR) is 148 cm³/mol. The average molecular weight is 586 g/mol. The number of fused-ring (bicyclic) bond motifs is 1. The Morgan fingerprint density at radius 2 is 1.85 bits per heavy atom. The molecule has 2 amide bonds. The fourth-order valence-electron chi connectivity index (χ4n) is 4.12. The lowest BCUT2D eigenvalue weighted by Gasteiger charge is -2.17. The Hall–Kier alpha value is -3.60. The first-order valence-electron chi connectivity index (χ1n) is 11.9. The molecular weight excluding hydrogens is 564 g/mol. The molecule has 0 saturated heterocycles. The molecule has 1 aliphatic rings. The molecule has 1 aliphatic heterocycles. The number of thioether (sulfide) groups is 1. The Kier molecular flexibility index (Phi) is 8.35. The number of hydrogen-bond acceptors (Lipinski definition) is 6. The van der Waals surface area contributed by atoms with Crippen molar-refractivity contribution in [2.24, 2.45) is 0 Å². The maximum absolute atomic E-state index is 13.6. The fourth-order valence-corrected chi connectivity index (χ4v) is 5.43. The first kappa shape index (κ1) is 27.0. The smallest absolute Gasteiger partial charge is 0.258 e. The van der Waals surface area contributed by atoms with Crippen molar-refractivity contribution in [3.05, 3.63) is 94.0 Å². The van der Waals surface area contributed by atoms with Crippen molar-refractivity contribution in [1.29, 1.82) is 0 Å². The number of hydrogen-bond donors (Lipinski definition) is 1. The number of para-hydroxylation sites is 1. The quantitative estimate of drug-likeness (QED) is 0.275. The topological polar surface area (TPSA) is 89.3 Å². The monoisotopic (exact) mass is 585 g/mol. The van der Waals surface area contributed by atoms with Gasteiger partial charge in [-0.3, -0.25) is 14.2 Å². The second kappa shape index (κ2) is 12.1. The second-order valence-electron chi connectivity index (χ2n) is 8.56. The molecule has 39 heavy (non-hydrogen) atoms. The van der Waals surface area contributed by atoms with Crippen LogP contribution in [-0.4, -0.2) is 45.5 Å². The standard InChI is InChI=1S/C27H22Cl2FN5O3S/c28-18-5-10-23(21(29)13-18)38-15-25(36)31-14-24-32-33-27(35(24)20-8-6-19(30)7-9-20)39-16-26(37)34-12-11-17-3-1-2-4-22(17)34/h1-10,13H,11-12,14-16H2,(H,31,36). The van der Waals surface area contributed by atoms with Gasteiger partial charge in [-0.25, -0.2) is 4.39 Å². The molecule has 1 aromatic heterocycles. The summed E-state index contributed by atoms with van der Waals surface area (Å²) in [5.41, 5.74) is 2.66. The summed E-state index contributed by atoms with van der Waals surface area (Å²) in [7, 11) is 0. The van der Waals surface area contributed by atoms with E-state index >= 15 is 0 Å². The number of halogens is 3. The van der Waals surface area contributed by atoms with E-state index in [2.05, 4.69) is 15.5 Å². The molecule has 3 aromatic carbocycles. The summed E-state index contributed by atoms with van der Waals surface area (Å²) in [5.74, 6) is 0.0148. The maximum Gasteiger partial charge on any atom is 0.258 e. The van der Waals surface area contributed by atoms with Crippen molar-refractivity contribution in [2.45, 2.75) is 18.1 Å². The van der Waals surface area contributed by atoms with Crippen LogP contribution in [0.4, 0.5) is 10.1 Å². The van der Waals surface area contributed by atoms with Crippen LogP contribution in [0.5, 0.6) is 5.75 Å². The lowest BCUT2D eigenvalue weighted by Crippen LogP contribution is -2.30. The van der Waals surface area contributed by atoms with Crippen molar-refractivity contribution in [2.75, 3.05) is 23.8 Å².